The van der Waals surface area contributed by atoms with Gasteiger partial charge in [-0.2, -0.15) is 0 Å². The highest BCUT2D eigenvalue weighted by molar-refractivity contribution is 6.87. The van der Waals surface area contributed by atoms with Crippen LogP contribution in [0.25, 0.3) is 0 Å². The summed E-state index contributed by atoms with van der Waals surface area (Å²) in [6.07, 6.45) is 17.1. The molecule has 0 aliphatic carbocycles. The minimum atomic E-state index is -1.29. The van der Waals surface area contributed by atoms with Crippen molar-refractivity contribution in [1.82, 2.24) is 5.32 Å². The number of furan rings is 1. The maximum absolute atomic E-state index is 10.9. The molecule has 1 heterocycles. The van der Waals surface area contributed by atoms with Crippen molar-refractivity contribution in [3.8, 4) is 0 Å². The van der Waals surface area contributed by atoms with E-state index in [0.717, 1.165) is 13.0 Å². The van der Waals surface area contributed by atoms with Crippen molar-refractivity contribution >= 4 is 19.6 Å². The van der Waals surface area contributed by atoms with Crippen molar-refractivity contribution < 1.29 is 13.9 Å². The lowest BCUT2D eigenvalue weighted by Crippen LogP contribution is -2.36. The molecule has 1 aromatic heterocycles. The number of hydrogen-bond donors (Lipinski definition) is 1. The summed E-state index contributed by atoms with van der Waals surface area (Å²) in [5.74, 6) is 0. The highest BCUT2D eigenvalue weighted by Crippen LogP contribution is 2.14. The maximum Gasteiger partial charge on any atom is 0.406 e. The largest absolute Gasteiger partial charge is 0.474 e. The number of ether oxygens (including phenoxy) is 1. The molecule has 1 amide bonds. The maximum atomic E-state index is 10.9. The van der Waals surface area contributed by atoms with Crippen molar-refractivity contribution in [2.45, 2.75) is 96.7 Å². The van der Waals surface area contributed by atoms with Gasteiger partial charge in [-0.05, 0) is 30.9 Å². The molecule has 1 N–H and O–H groups in total. The Hall–Kier alpha value is -1.23. The molecule has 156 valence electrons. The summed E-state index contributed by atoms with van der Waals surface area (Å²) < 4.78 is 10.3. The molecule has 1 rings (SSSR count). The minimum absolute atomic E-state index is 0.323. The Morgan fingerprint density at radius 3 is 1.93 bits per heavy atom. The van der Waals surface area contributed by atoms with Gasteiger partial charge in [0.25, 0.3) is 0 Å². The molecule has 4 nitrogen and oxygen atoms in total. The molecule has 0 aliphatic heterocycles. The predicted octanol–water partition coefficient (Wildman–Crippen LogP) is 6.01. The molecule has 0 fully saturated rings. The van der Waals surface area contributed by atoms with Gasteiger partial charge in [0, 0.05) is 6.54 Å². The van der Waals surface area contributed by atoms with Gasteiger partial charge in [0.1, 0.15) is 8.07 Å². The highest BCUT2D eigenvalue weighted by Gasteiger charge is 2.20. The van der Waals surface area contributed by atoms with Crippen molar-refractivity contribution in [3.63, 3.8) is 0 Å². The molecular weight excluding hydrogens is 354 g/mol. The third-order valence-electron chi connectivity index (χ3n) is 4.99. The molecule has 0 aromatic carbocycles. The Morgan fingerprint density at radius 2 is 1.44 bits per heavy atom. The molecule has 0 spiro atoms. The Bertz CT molecular complexity index is 508. The number of alkyl carbamates (subject to hydrolysis) is 1. The van der Waals surface area contributed by atoms with Gasteiger partial charge < -0.3 is 14.5 Å². The number of amides is 1. The summed E-state index contributed by atoms with van der Waals surface area (Å²) in [5, 5.41) is 3.95. The van der Waals surface area contributed by atoms with E-state index in [1.165, 1.54) is 88.7 Å². The lowest BCUT2D eigenvalue weighted by Gasteiger charge is -2.10. The quantitative estimate of drug-likeness (QED) is 0.292. The lowest BCUT2D eigenvalue weighted by atomic mass is 10.0. The van der Waals surface area contributed by atoms with Crippen LogP contribution in [-0.2, 0) is 11.2 Å². The first-order valence-electron chi connectivity index (χ1n) is 10.8. The number of rotatable bonds is 15. The number of nitrogens with one attached hydrogen (secondary N) is 1. The molecule has 0 bridgehead atoms. The third kappa shape index (κ3) is 12.0. The van der Waals surface area contributed by atoms with Crippen molar-refractivity contribution in [2.75, 3.05) is 13.7 Å². The molecule has 1 aromatic rings. The highest BCUT2D eigenvalue weighted by atomic mass is 28.3. The van der Waals surface area contributed by atoms with Gasteiger partial charge in [0.2, 0.25) is 0 Å². The number of hydrogen-bond acceptors (Lipinski definition) is 3. The average molecular weight is 396 g/mol. The zero-order valence-corrected chi connectivity index (χ0v) is 19.1. The molecule has 0 aliphatic rings. The lowest BCUT2D eigenvalue weighted by molar-refractivity contribution is 0.171. The fraction of sp³-hybridized carbons (Fsp3) is 0.773. The Morgan fingerprint density at radius 1 is 0.926 bits per heavy atom. The summed E-state index contributed by atoms with van der Waals surface area (Å²) in [4.78, 5) is 10.9. The first-order valence-corrected chi connectivity index (χ1v) is 14.3. The van der Waals surface area contributed by atoms with Crippen LogP contribution in [-0.4, -0.2) is 27.8 Å². The second kappa shape index (κ2) is 13.9. The molecular formula is C22H41NO3Si. The van der Waals surface area contributed by atoms with Gasteiger partial charge in [-0.1, -0.05) is 77.4 Å². The standard InChI is InChI=1S/C22H41NO3Si/c1-25-22(24)23-17-15-13-11-9-7-5-6-8-10-12-14-16-20-18-21(26-19-20)27(2,3)4/h18-19H,5-17H2,1-4H3,(H,23,24). The smallest absolute Gasteiger partial charge is 0.406 e. The van der Waals surface area contributed by atoms with Crippen LogP contribution in [0.5, 0.6) is 0 Å². The molecule has 0 radical (unpaired) electrons. The van der Waals surface area contributed by atoms with Crippen LogP contribution in [0, 0.1) is 0 Å². The summed E-state index contributed by atoms with van der Waals surface area (Å²) >= 11 is 0. The fourth-order valence-electron chi connectivity index (χ4n) is 3.21. The number of carbonyl (C=O) groups is 1. The second-order valence-corrected chi connectivity index (χ2v) is 13.6. The van der Waals surface area contributed by atoms with Crippen molar-refractivity contribution in [3.05, 3.63) is 17.9 Å². The monoisotopic (exact) mass is 395 g/mol. The summed E-state index contributed by atoms with van der Waals surface area (Å²) in [5.41, 5.74) is 1.38. The summed E-state index contributed by atoms with van der Waals surface area (Å²) in [7, 11) is 0.108. The van der Waals surface area contributed by atoms with Crippen LogP contribution in [0.3, 0.4) is 0 Å². The molecule has 27 heavy (non-hydrogen) atoms. The number of methoxy groups -OCH3 is 1. The number of carbonyl (C=O) groups excluding carboxylic acids is 1. The molecule has 0 saturated heterocycles. The summed E-state index contributed by atoms with van der Waals surface area (Å²) in [6.45, 7) is 7.72. The van der Waals surface area contributed by atoms with Gasteiger partial charge in [-0.25, -0.2) is 4.79 Å². The Balaban J connectivity index is 1.84. The van der Waals surface area contributed by atoms with Gasteiger partial charge in [-0.3, -0.25) is 0 Å². The number of aryl methyl sites for hydroxylation is 1. The zero-order chi connectivity index (χ0) is 20.0. The predicted molar refractivity (Wildman–Crippen MR) is 117 cm³/mol. The van der Waals surface area contributed by atoms with Crippen LogP contribution in [0.1, 0.15) is 76.2 Å². The second-order valence-electron chi connectivity index (χ2n) is 8.63. The third-order valence-corrected chi connectivity index (χ3v) is 6.73. The topological polar surface area (TPSA) is 51.5 Å². The molecule has 5 heteroatoms. The van der Waals surface area contributed by atoms with Crippen molar-refractivity contribution in [1.29, 1.82) is 0 Å². The first kappa shape index (κ1) is 23.8. The fourth-order valence-corrected chi connectivity index (χ4v) is 4.24. The van der Waals surface area contributed by atoms with E-state index in [1.54, 1.807) is 0 Å². The van der Waals surface area contributed by atoms with Gasteiger partial charge in [0.15, 0.2) is 0 Å². The van der Waals surface area contributed by atoms with Crippen molar-refractivity contribution in [2.24, 2.45) is 0 Å². The average Bonchev–Trinajstić information content (AvgIpc) is 3.11. The van der Waals surface area contributed by atoms with Crippen LogP contribution < -0.4 is 10.7 Å². The SMILES string of the molecule is COC(=O)NCCCCCCCCCCCCCc1coc([Si](C)(C)C)c1. The molecule has 0 unspecified atom stereocenters. The zero-order valence-electron chi connectivity index (χ0n) is 18.1. The molecule has 0 saturated carbocycles. The van der Waals surface area contributed by atoms with Crippen LogP contribution in [0.4, 0.5) is 4.79 Å². The van der Waals surface area contributed by atoms with Crippen LogP contribution >= 0.6 is 0 Å². The molecule has 0 atom stereocenters. The van der Waals surface area contributed by atoms with Crippen LogP contribution in [0.2, 0.25) is 19.6 Å². The van der Waals surface area contributed by atoms with E-state index >= 15 is 0 Å². The number of unbranched alkanes of at least 4 members (excludes halogenated alkanes) is 10. The van der Waals surface area contributed by atoms with E-state index in [9.17, 15) is 4.79 Å². The van der Waals surface area contributed by atoms with E-state index < -0.39 is 8.07 Å². The van der Waals surface area contributed by atoms with E-state index in [-0.39, 0.29) is 6.09 Å². The first-order chi connectivity index (χ1) is 12.9. The normalized spacial score (nSPS) is 11.6. The Kier molecular flexibility index (Phi) is 12.2. The van der Waals surface area contributed by atoms with Crippen LogP contribution in [0.15, 0.2) is 16.7 Å². The van der Waals surface area contributed by atoms with Gasteiger partial charge in [-0.15, -0.1) is 0 Å². The van der Waals surface area contributed by atoms with Gasteiger partial charge >= 0.3 is 6.09 Å². The van der Waals surface area contributed by atoms with E-state index in [0.29, 0.717) is 0 Å². The minimum Gasteiger partial charge on any atom is -0.474 e. The van der Waals surface area contributed by atoms with E-state index in [1.807, 2.05) is 6.26 Å². The van der Waals surface area contributed by atoms with E-state index in [2.05, 4.69) is 35.8 Å². The summed E-state index contributed by atoms with van der Waals surface area (Å²) in [6, 6.07) is 2.29. The van der Waals surface area contributed by atoms with E-state index in [4.69, 9.17) is 4.42 Å². The van der Waals surface area contributed by atoms with Gasteiger partial charge in [0.05, 0.1) is 18.8 Å². The Labute approximate surface area is 167 Å².